The van der Waals surface area contributed by atoms with E-state index in [-0.39, 0.29) is 21.9 Å². The molecule has 9 nitrogen and oxygen atoms in total. The van der Waals surface area contributed by atoms with E-state index in [1.54, 1.807) is 0 Å². The number of azo groups is 1. The Labute approximate surface area is 147 Å². The van der Waals surface area contributed by atoms with E-state index < -0.39 is 11.4 Å². The highest BCUT2D eigenvalue weighted by Crippen LogP contribution is 2.29. The maximum atomic E-state index is 12.2. The van der Waals surface area contributed by atoms with Gasteiger partial charge in [-0.2, -0.15) is 17.9 Å². The minimum Gasteiger partial charge on any atom is -0.493 e. The van der Waals surface area contributed by atoms with E-state index in [1.807, 2.05) is 18.0 Å². The summed E-state index contributed by atoms with van der Waals surface area (Å²) in [4.78, 5) is 14.1. The zero-order valence-electron chi connectivity index (χ0n) is 13.3. The SMILES string of the molecule is Cc1c(C#N)c(O)n(C)c(=O)c1N=Nc1nnc(N(C)CCS)s1. The van der Waals surface area contributed by atoms with Crippen molar-refractivity contribution in [2.45, 2.75) is 6.92 Å². The van der Waals surface area contributed by atoms with Crippen LogP contribution in [-0.4, -0.2) is 39.2 Å². The minimum absolute atomic E-state index is 0.0162. The van der Waals surface area contributed by atoms with E-state index in [4.69, 9.17) is 5.26 Å². The normalized spacial score (nSPS) is 11.0. The smallest absolute Gasteiger partial charge is 0.281 e. The van der Waals surface area contributed by atoms with Crippen LogP contribution in [0.5, 0.6) is 5.88 Å². The van der Waals surface area contributed by atoms with Crippen LogP contribution in [0.1, 0.15) is 11.1 Å². The number of rotatable bonds is 5. The molecule has 11 heteroatoms. The molecule has 2 rings (SSSR count). The molecule has 126 valence electrons. The summed E-state index contributed by atoms with van der Waals surface area (Å²) in [5.74, 6) is 0.276. The lowest BCUT2D eigenvalue weighted by molar-refractivity contribution is 0.421. The molecule has 0 bridgehead atoms. The molecule has 0 atom stereocenters. The van der Waals surface area contributed by atoms with Crippen LogP contribution in [0.3, 0.4) is 0 Å². The third-order valence-corrected chi connectivity index (χ3v) is 4.41. The van der Waals surface area contributed by atoms with Gasteiger partial charge in [-0.3, -0.25) is 9.36 Å². The first-order valence-corrected chi connectivity index (χ1v) is 8.25. The predicted octanol–water partition coefficient (Wildman–Crippen LogP) is 1.90. The Morgan fingerprint density at radius 1 is 1.46 bits per heavy atom. The maximum Gasteiger partial charge on any atom is 0.281 e. The van der Waals surface area contributed by atoms with E-state index in [2.05, 4.69) is 33.1 Å². The molecule has 0 spiro atoms. The van der Waals surface area contributed by atoms with Crippen LogP contribution < -0.4 is 10.5 Å². The summed E-state index contributed by atoms with van der Waals surface area (Å²) in [6, 6.07) is 1.85. The highest BCUT2D eigenvalue weighted by atomic mass is 32.1. The summed E-state index contributed by atoms with van der Waals surface area (Å²) in [7, 11) is 3.21. The standard InChI is InChI=1S/C13H15N7O2S2/c1-7-8(6-14)10(21)20(3)11(22)9(7)15-16-12-17-18-13(24-12)19(2)4-5-23/h21,23H,4-5H2,1-3H3. The van der Waals surface area contributed by atoms with Crippen molar-refractivity contribution in [3.8, 4) is 11.9 Å². The summed E-state index contributed by atoms with van der Waals surface area (Å²) < 4.78 is 0.950. The zero-order valence-corrected chi connectivity index (χ0v) is 15.0. The van der Waals surface area contributed by atoms with Crippen molar-refractivity contribution >= 4 is 39.9 Å². The molecule has 0 saturated carbocycles. The van der Waals surface area contributed by atoms with E-state index >= 15 is 0 Å². The predicted molar refractivity (Wildman–Crippen MR) is 94.0 cm³/mol. The van der Waals surface area contributed by atoms with E-state index in [0.717, 1.165) is 4.57 Å². The van der Waals surface area contributed by atoms with Crippen molar-refractivity contribution in [2.75, 3.05) is 24.2 Å². The van der Waals surface area contributed by atoms with E-state index in [0.29, 0.717) is 17.4 Å². The summed E-state index contributed by atoms with van der Waals surface area (Å²) in [5.41, 5.74) is -0.326. The van der Waals surface area contributed by atoms with Crippen LogP contribution in [0.15, 0.2) is 15.0 Å². The number of aromatic nitrogens is 3. The fourth-order valence-electron chi connectivity index (χ4n) is 1.86. The molecule has 0 saturated heterocycles. The van der Waals surface area contributed by atoms with Crippen LogP contribution in [-0.2, 0) is 7.05 Å². The van der Waals surface area contributed by atoms with Gasteiger partial charge in [-0.05, 0) is 6.92 Å². The van der Waals surface area contributed by atoms with Crippen molar-refractivity contribution < 1.29 is 5.11 Å². The molecule has 2 aromatic heterocycles. The fourth-order valence-corrected chi connectivity index (χ4v) is 2.82. The lowest BCUT2D eigenvalue weighted by atomic mass is 10.1. The first-order valence-electron chi connectivity index (χ1n) is 6.80. The van der Waals surface area contributed by atoms with Crippen LogP contribution in [0, 0.1) is 18.3 Å². The van der Waals surface area contributed by atoms with Gasteiger partial charge in [-0.25, -0.2) is 0 Å². The number of nitriles is 1. The average Bonchev–Trinajstić information content (AvgIpc) is 3.03. The van der Waals surface area contributed by atoms with Gasteiger partial charge in [0, 0.05) is 32.0 Å². The summed E-state index contributed by atoms with van der Waals surface area (Å²) in [6.45, 7) is 2.23. The number of thiol groups is 1. The first kappa shape index (κ1) is 17.9. The van der Waals surface area contributed by atoms with Gasteiger partial charge >= 0.3 is 0 Å². The summed E-state index contributed by atoms with van der Waals surface area (Å²) >= 11 is 5.37. The Balaban J connectivity index is 2.39. The van der Waals surface area contributed by atoms with Gasteiger partial charge in [-0.1, -0.05) is 11.3 Å². The Morgan fingerprint density at radius 2 is 2.17 bits per heavy atom. The second-order valence-corrected chi connectivity index (χ2v) is 6.24. The summed E-state index contributed by atoms with van der Waals surface area (Å²) in [5, 5.41) is 35.6. The van der Waals surface area contributed by atoms with Crippen molar-refractivity contribution in [3.05, 3.63) is 21.5 Å². The lowest BCUT2D eigenvalue weighted by Gasteiger charge is -2.11. The molecule has 0 aromatic carbocycles. The van der Waals surface area contributed by atoms with Gasteiger partial charge in [0.15, 0.2) is 5.69 Å². The number of pyridine rings is 1. The van der Waals surface area contributed by atoms with Gasteiger partial charge in [0.05, 0.1) is 0 Å². The molecular formula is C13H15N7O2S2. The van der Waals surface area contributed by atoms with Crippen LogP contribution in [0.2, 0.25) is 0 Å². The zero-order chi connectivity index (χ0) is 17.9. The minimum atomic E-state index is -0.551. The van der Waals surface area contributed by atoms with E-state index in [9.17, 15) is 9.90 Å². The van der Waals surface area contributed by atoms with Crippen molar-refractivity contribution in [1.82, 2.24) is 14.8 Å². The molecule has 0 amide bonds. The van der Waals surface area contributed by atoms with Crippen molar-refractivity contribution in [2.24, 2.45) is 17.3 Å². The molecule has 0 fully saturated rings. The maximum absolute atomic E-state index is 12.2. The highest BCUT2D eigenvalue weighted by molar-refractivity contribution is 7.80. The Hall–Kier alpha value is -2.45. The van der Waals surface area contributed by atoms with Gasteiger partial charge < -0.3 is 10.0 Å². The van der Waals surface area contributed by atoms with Gasteiger partial charge in [0.25, 0.3) is 10.7 Å². The molecule has 2 heterocycles. The van der Waals surface area contributed by atoms with Crippen LogP contribution in [0.4, 0.5) is 16.0 Å². The molecule has 0 aliphatic carbocycles. The third kappa shape index (κ3) is 3.39. The second kappa shape index (κ2) is 7.41. The number of hydrogen-bond donors (Lipinski definition) is 2. The fraction of sp³-hybridized carbons (Fsp3) is 0.385. The summed E-state index contributed by atoms with van der Waals surface area (Å²) in [6.07, 6.45) is 0. The number of anilines is 1. The highest BCUT2D eigenvalue weighted by Gasteiger charge is 2.17. The van der Waals surface area contributed by atoms with Gasteiger partial charge in [-0.15, -0.1) is 20.4 Å². The van der Waals surface area contributed by atoms with Gasteiger partial charge in [0.2, 0.25) is 11.0 Å². The Morgan fingerprint density at radius 3 is 2.79 bits per heavy atom. The van der Waals surface area contributed by atoms with Crippen LogP contribution >= 0.6 is 24.0 Å². The number of aromatic hydroxyl groups is 1. The third-order valence-electron chi connectivity index (χ3n) is 3.29. The topological polar surface area (TPSA) is 120 Å². The number of hydrogen-bond acceptors (Lipinski definition) is 10. The molecule has 24 heavy (non-hydrogen) atoms. The molecule has 0 aliphatic rings. The van der Waals surface area contributed by atoms with Gasteiger partial charge in [0.1, 0.15) is 11.6 Å². The van der Waals surface area contributed by atoms with Crippen molar-refractivity contribution in [1.29, 1.82) is 5.26 Å². The molecule has 0 aliphatic heterocycles. The molecule has 0 radical (unpaired) electrons. The molecule has 0 unspecified atom stereocenters. The largest absolute Gasteiger partial charge is 0.493 e. The van der Waals surface area contributed by atoms with Crippen molar-refractivity contribution in [3.63, 3.8) is 0 Å². The molecule has 2 aromatic rings. The van der Waals surface area contributed by atoms with Crippen LogP contribution in [0.25, 0.3) is 0 Å². The Kier molecular flexibility index (Phi) is 5.53. The first-order chi connectivity index (χ1) is 11.4. The Bertz CT molecular complexity index is 882. The quantitative estimate of drug-likeness (QED) is 0.617. The number of nitrogens with zero attached hydrogens (tertiary/aromatic N) is 7. The van der Waals surface area contributed by atoms with E-state index in [1.165, 1.54) is 25.3 Å². The average molecular weight is 365 g/mol. The lowest BCUT2D eigenvalue weighted by Crippen LogP contribution is -2.19. The monoisotopic (exact) mass is 365 g/mol. The molecule has 1 N–H and O–H groups in total. The molecular weight excluding hydrogens is 350 g/mol. The second-order valence-electron chi connectivity index (χ2n) is 4.86.